The second-order valence-electron chi connectivity index (χ2n) is 6.36. The van der Waals surface area contributed by atoms with Crippen molar-refractivity contribution < 1.29 is 14.7 Å². The highest BCUT2D eigenvalue weighted by atomic mass is 35.5. The molecule has 1 aliphatic carbocycles. The molecule has 5 heteroatoms. The van der Waals surface area contributed by atoms with Gasteiger partial charge in [-0.05, 0) is 29.0 Å². The number of benzene rings is 1. The molecule has 108 valence electrons. The summed E-state index contributed by atoms with van der Waals surface area (Å²) in [7, 11) is 0. The summed E-state index contributed by atoms with van der Waals surface area (Å²) in [6.07, 6.45) is 0. The van der Waals surface area contributed by atoms with Gasteiger partial charge in [0.25, 0.3) is 0 Å². The van der Waals surface area contributed by atoms with Gasteiger partial charge in [0.2, 0.25) is 5.91 Å². The van der Waals surface area contributed by atoms with Crippen molar-refractivity contribution in [3.63, 3.8) is 0 Å². The third kappa shape index (κ3) is 2.18. The van der Waals surface area contributed by atoms with Crippen LogP contribution in [0.1, 0.15) is 38.1 Å². The Morgan fingerprint density at radius 2 is 1.75 bits per heavy atom. The fourth-order valence-corrected chi connectivity index (χ4v) is 3.03. The Balaban J connectivity index is 2.24. The van der Waals surface area contributed by atoms with Crippen molar-refractivity contribution >= 4 is 29.2 Å². The first-order chi connectivity index (χ1) is 9.09. The average Bonchev–Trinajstić information content (AvgIpc) is 2.71. The van der Waals surface area contributed by atoms with E-state index in [1.807, 2.05) is 27.7 Å². The fourth-order valence-electron chi connectivity index (χ4n) is 2.86. The summed E-state index contributed by atoms with van der Waals surface area (Å²) in [5, 5.41) is 12.2. The molecule has 1 saturated carbocycles. The molecule has 0 unspecified atom stereocenters. The molecule has 0 heterocycles. The van der Waals surface area contributed by atoms with Gasteiger partial charge in [0.1, 0.15) is 0 Å². The molecule has 1 amide bonds. The first-order valence-electron chi connectivity index (χ1n) is 6.42. The van der Waals surface area contributed by atoms with Gasteiger partial charge in [-0.1, -0.05) is 39.3 Å². The fraction of sp³-hybridized carbons (Fsp3) is 0.467. The number of aromatic carboxylic acids is 1. The van der Waals surface area contributed by atoms with Crippen LogP contribution in [-0.2, 0) is 4.79 Å². The summed E-state index contributed by atoms with van der Waals surface area (Å²) in [5.74, 6) is -1.39. The van der Waals surface area contributed by atoms with Crippen molar-refractivity contribution in [3.8, 4) is 0 Å². The van der Waals surface area contributed by atoms with Gasteiger partial charge in [-0.2, -0.15) is 0 Å². The lowest BCUT2D eigenvalue weighted by atomic mass is 10.0. The molecule has 0 bridgehead atoms. The molecule has 1 aromatic carbocycles. The minimum Gasteiger partial charge on any atom is -0.478 e. The number of hydrogen-bond acceptors (Lipinski definition) is 2. The van der Waals surface area contributed by atoms with E-state index in [1.54, 1.807) is 6.07 Å². The molecule has 1 aliphatic rings. The highest BCUT2D eigenvalue weighted by Crippen LogP contribution is 2.68. The topological polar surface area (TPSA) is 66.4 Å². The predicted octanol–water partition coefficient (Wildman–Crippen LogP) is 3.66. The van der Waals surface area contributed by atoms with Crippen LogP contribution in [0.25, 0.3) is 0 Å². The first kappa shape index (κ1) is 14.9. The van der Waals surface area contributed by atoms with Gasteiger partial charge in [-0.3, -0.25) is 4.79 Å². The van der Waals surface area contributed by atoms with Crippen LogP contribution in [0.4, 0.5) is 5.69 Å². The molecule has 20 heavy (non-hydrogen) atoms. The Morgan fingerprint density at radius 3 is 2.20 bits per heavy atom. The lowest BCUT2D eigenvalue weighted by molar-refractivity contribution is -0.118. The highest BCUT2D eigenvalue weighted by molar-refractivity contribution is 6.31. The summed E-state index contributed by atoms with van der Waals surface area (Å²) >= 11 is 5.79. The molecule has 0 aliphatic heterocycles. The van der Waals surface area contributed by atoms with E-state index in [4.69, 9.17) is 16.7 Å². The van der Waals surface area contributed by atoms with Crippen LogP contribution in [-0.4, -0.2) is 17.0 Å². The van der Waals surface area contributed by atoms with E-state index in [0.717, 1.165) is 0 Å². The van der Waals surface area contributed by atoms with Gasteiger partial charge in [0.05, 0.1) is 11.3 Å². The van der Waals surface area contributed by atoms with E-state index in [2.05, 4.69) is 5.32 Å². The second kappa shape index (κ2) is 4.48. The van der Waals surface area contributed by atoms with Crippen LogP contribution >= 0.6 is 11.6 Å². The molecule has 1 fully saturated rings. The third-order valence-electron chi connectivity index (χ3n) is 4.75. The standard InChI is InChI=1S/C15H18ClNO3/c1-14(2)11(15(14,3)4)12(18)17-10-6-5-8(16)7-9(10)13(19)20/h5-7,11H,1-4H3,(H,17,18)(H,19,20). The number of hydrogen-bond donors (Lipinski definition) is 2. The largest absolute Gasteiger partial charge is 0.478 e. The van der Waals surface area contributed by atoms with Crippen molar-refractivity contribution in [2.24, 2.45) is 16.7 Å². The number of nitrogens with one attached hydrogen (secondary N) is 1. The van der Waals surface area contributed by atoms with Crippen molar-refractivity contribution in [3.05, 3.63) is 28.8 Å². The molecule has 2 rings (SSSR count). The van der Waals surface area contributed by atoms with Crippen LogP contribution in [0.3, 0.4) is 0 Å². The highest BCUT2D eigenvalue weighted by Gasteiger charge is 2.68. The smallest absolute Gasteiger partial charge is 0.337 e. The summed E-state index contributed by atoms with van der Waals surface area (Å²) in [5.41, 5.74) is 0.104. The molecule has 4 nitrogen and oxygen atoms in total. The van der Waals surface area contributed by atoms with Crippen LogP contribution in [0.15, 0.2) is 18.2 Å². The maximum atomic E-state index is 12.3. The van der Waals surface area contributed by atoms with Gasteiger partial charge in [-0.25, -0.2) is 4.79 Å². The van der Waals surface area contributed by atoms with Gasteiger partial charge >= 0.3 is 5.97 Å². The summed E-state index contributed by atoms with van der Waals surface area (Å²) in [6.45, 7) is 8.16. The van der Waals surface area contributed by atoms with Crippen molar-refractivity contribution in [1.82, 2.24) is 0 Å². The molecular formula is C15H18ClNO3. The van der Waals surface area contributed by atoms with E-state index in [0.29, 0.717) is 5.02 Å². The summed E-state index contributed by atoms with van der Waals surface area (Å²) in [4.78, 5) is 23.5. The van der Waals surface area contributed by atoms with Crippen molar-refractivity contribution in [2.45, 2.75) is 27.7 Å². The zero-order valence-corrected chi connectivity index (χ0v) is 12.7. The number of halogens is 1. The molecule has 0 radical (unpaired) electrons. The van der Waals surface area contributed by atoms with Gasteiger partial charge in [0, 0.05) is 10.9 Å². The molecule has 1 aromatic rings. The SMILES string of the molecule is CC1(C)C(C(=O)Nc2ccc(Cl)cc2C(=O)O)C1(C)C. The van der Waals surface area contributed by atoms with E-state index in [1.165, 1.54) is 12.1 Å². The maximum absolute atomic E-state index is 12.3. The van der Waals surface area contributed by atoms with Gasteiger partial charge < -0.3 is 10.4 Å². The number of rotatable bonds is 3. The predicted molar refractivity (Wildman–Crippen MR) is 78.1 cm³/mol. The number of carbonyl (C=O) groups excluding carboxylic acids is 1. The lowest BCUT2D eigenvalue weighted by Crippen LogP contribution is -2.19. The Morgan fingerprint density at radius 1 is 1.20 bits per heavy atom. The summed E-state index contributed by atoms with van der Waals surface area (Å²) in [6, 6.07) is 4.42. The zero-order chi connectivity index (χ0) is 15.3. The number of carboxylic acid groups (broad SMARTS) is 1. The number of anilines is 1. The van der Waals surface area contributed by atoms with E-state index in [9.17, 15) is 9.59 Å². The second-order valence-corrected chi connectivity index (χ2v) is 6.80. The zero-order valence-electron chi connectivity index (χ0n) is 12.0. The van der Waals surface area contributed by atoms with Crippen molar-refractivity contribution in [1.29, 1.82) is 0 Å². The Kier molecular flexibility index (Phi) is 3.33. The number of carbonyl (C=O) groups is 2. The first-order valence-corrected chi connectivity index (χ1v) is 6.80. The normalized spacial score (nSPS) is 19.4. The van der Waals surface area contributed by atoms with E-state index < -0.39 is 5.97 Å². The Labute approximate surface area is 123 Å². The maximum Gasteiger partial charge on any atom is 0.337 e. The van der Waals surface area contributed by atoms with E-state index in [-0.39, 0.29) is 33.9 Å². The van der Waals surface area contributed by atoms with Gasteiger partial charge in [-0.15, -0.1) is 0 Å². The molecular weight excluding hydrogens is 278 g/mol. The molecule has 0 saturated heterocycles. The Bertz CT molecular complexity index is 579. The van der Waals surface area contributed by atoms with Crippen molar-refractivity contribution in [2.75, 3.05) is 5.32 Å². The summed E-state index contributed by atoms with van der Waals surface area (Å²) < 4.78 is 0. The molecule has 0 spiro atoms. The van der Waals surface area contributed by atoms with Crippen LogP contribution < -0.4 is 5.32 Å². The average molecular weight is 296 g/mol. The molecule has 0 aromatic heterocycles. The quantitative estimate of drug-likeness (QED) is 0.894. The van der Waals surface area contributed by atoms with Crippen LogP contribution in [0.2, 0.25) is 5.02 Å². The minimum absolute atomic E-state index is 0.00196. The van der Waals surface area contributed by atoms with Crippen LogP contribution in [0, 0.1) is 16.7 Å². The number of carboxylic acids is 1. The molecule has 0 atom stereocenters. The Hall–Kier alpha value is -1.55. The van der Waals surface area contributed by atoms with Gasteiger partial charge in [0.15, 0.2) is 0 Å². The van der Waals surface area contributed by atoms with Crippen LogP contribution in [0.5, 0.6) is 0 Å². The molecule has 2 N–H and O–H groups in total. The monoisotopic (exact) mass is 295 g/mol. The van der Waals surface area contributed by atoms with E-state index >= 15 is 0 Å². The number of amides is 1. The minimum atomic E-state index is -1.11. The third-order valence-corrected chi connectivity index (χ3v) is 4.99. The lowest BCUT2D eigenvalue weighted by Gasteiger charge is -2.10.